The van der Waals surface area contributed by atoms with Crippen molar-refractivity contribution in [3.05, 3.63) is 29.8 Å². The van der Waals surface area contributed by atoms with Gasteiger partial charge in [0.15, 0.2) is 0 Å². The lowest BCUT2D eigenvalue weighted by Gasteiger charge is -2.36. The van der Waals surface area contributed by atoms with Gasteiger partial charge >= 0.3 is 6.03 Å². The summed E-state index contributed by atoms with van der Waals surface area (Å²) < 4.78 is 5.74. The monoisotopic (exact) mass is 525 g/mol. The molecule has 9 nitrogen and oxygen atoms in total. The van der Waals surface area contributed by atoms with Crippen molar-refractivity contribution in [2.45, 2.75) is 69.7 Å². The molecule has 0 spiro atoms. The molecule has 194 valence electrons. The van der Waals surface area contributed by atoms with E-state index in [0.29, 0.717) is 19.4 Å². The molecule has 4 rings (SSSR count). The number of para-hydroxylation sites is 1. The summed E-state index contributed by atoms with van der Waals surface area (Å²) >= 11 is 1.69. The summed E-state index contributed by atoms with van der Waals surface area (Å²) in [5.41, 5.74) is 0.563. The molecule has 0 aromatic heterocycles. The molecule has 2 fully saturated rings. The molecule has 0 radical (unpaired) electrons. The van der Waals surface area contributed by atoms with Gasteiger partial charge in [-0.15, -0.1) is 24.2 Å². The van der Waals surface area contributed by atoms with Gasteiger partial charge in [-0.25, -0.2) is 4.79 Å². The molecule has 4 amide bonds. The third-order valence-corrected chi connectivity index (χ3v) is 8.16. The smallest absolute Gasteiger partial charge is 0.316 e. The number of nitrogens with one attached hydrogen (secondary N) is 4. The number of rotatable bonds is 5. The first-order chi connectivity index (χ1) is 16.2. The molecule has 3 heterocycles. The Kier molecular flexibility index (Phi) is 8.82. The fourth-order valence-corrected chi connectivity index (χ4v) is 6.64. The molecule has 0 bridgehead atoms. The van der Waals surface area contributed by atoms with Gasteiger partial charge in [0.25, 0.3) is 0 Å². The highest BCUT2D eigenvalue weighted by Crippen LogP contribution is 2.46. The van der Waals surface area contributed by atoms with Crippen LogP contribution < -0.4 is 26.0 Å². The third-order valence-electron chi connectivity index (χ3n) is 6.91. The summed E-state index contributed by atoms with van der Waals surface area (Å²) in [6.07, 6.45) is 1.70. The van der Waals surface area contributed by atoms with Crippen LogP contribution in [0.15, 0.2) is 24.3 Å². The van der Waals surface area contributed by atoms with Crippen LogP contribution in [-0.4, -0.2) is 65.8 Å². The minimum absolute atomic E-state index is 0. The summed E-state index contributed by atoms with van der Waals surface area (Å²) in [5, 5.41) is 11.6. The van der Waals surface area contributed by atoms with Crippen LogP contribution in [0, 0.1) is 5.41 Å². The van der Waals surface area contributed by atoms with Gasteiger partial charge in [0, 0.05) is 12.0 Å². The van der Waals surface area contributed by atoms with Gasteiger partial charge in [0.05, 0.1) is 24.2 Å². The zero-order chi connectivity index (χ0) is 24.5. The van der Waals surface area contributed by atoms with Gasteiger partial charge in [0.1, 0.15) is 17.8 Å². The number of carbonyl (C=O) groups excluding carboxylic acids is 3. The maximum absolute atomic E-state index is 13.7. The van der Waals surface area contributed by atoms with E-state index in [-0.39, 0.29) is 41.8 Å². The molecule has 2 saturated heterocycles. The van der Waals surface area contributed by atoms with Crippen LogP contribution in [0.25, 0.3) is 0 Å². The van der Waals surface area contributed by atoms with E-state index in [1.165, 1.54) is 0 Å². The van der Waals surface area contributed by atoms with Crippen molar-refractivity contribution >= 4 is 42.0 Å². The van der Waals surface area contributed by atoms with E-state index in [4.69, 9.17) is 4.74 Å². The molecule has 0 saturated carbocycles. The molecule has 1 aromatic rings. The summed E-state index contributed by atoms with van der Waals surface area (Å²) in [7, 11) is 1.75. The molecule has 3 aliphatic rings. The van der Waals surface area contributed by atoms with Gasteiger partial charge in [-0.2, -0.15) is 0 Å². The lowest BCUT2D eigenvalue weighted by Crippen LogP contribution is -2.58. The Hall–Kier alpha value is -2.17. The minimum atomic E-state index is -0.672. The largest absolute Gasteiger partial charge is 0.493 e. The van der Waals surface area contributed by atoms with Crippen LogP contribution in [0.1, 0.15) is 51.6 Å². The summed E-state index contributed by atoms with van der Waals surface area (Å²) in [5.74, 6) is 1.17. The SMILES string of the molecule is CN[C@@H](C)NC(=O)N[C@H]1CCSC2CC(C)(C)[C@@H](C(=O)N[C@@H]3CCOc4ccccc43)N2C1=O.Cl. The second kappa shape index (κ2) is 11.3. The quantitative estimate of drug-likeness (QED) is 0.439. The van der Waals surface area contributed by atoms with Gasteiger partial charge in [0.2, 0.25) is 11.8 Å². The number of ether oxygens (including phenoxy) is 1. The van der Waals surface area contributed by atoms with Crippen LogP contribution in [-0.2, 0) is 9.59 Å². The summed E-state index contributed by atoms with van der Waals surface area (Å²) in [4.78, 5) is 41.5. The molecule has 11 heteroatoms. The minimum Gasteiger partial charge on any atom is -0.493 e. The Morgan fingerprint density at radius 2 is 1.91 bits per heavy atom. The van der Waals surface area contributed by atoms with Crippen molar-refractivity contribution in [2.75, 3.05) is 19.4 Å². The third kappa shape index (κ3) is 5.81. The van der Waals surface area contributed by atoms with E-state index in [1.54, 1.807) is 23.7 Å². The molecule has 1 unspecified atom stereocenters. The molecule has 5 atom stereocenters. The second-order valence-corrected chi connectivity index (χ2v) is 11.2. The van der Waals surface area contributed by atoms with Crippen LogP contribution in [0.2, 0.25) is 0 Å². The first kappa shape index (κ1) is 27.4. The molecular weight excluding hydrogens is 490 g/mol. The van der Waals surface area contributed by atoms with Crippen molar-refractivity contribution in [3.63, 3.8) is 0 Å². The van der Waals surface area contributed by atoms with Crippen molar-refractivity contribution in [1.82, 2.24) is 26.2 Å². The number of hydrogen-bond donors (Lipinski definition) is 4. The molecule has 1 aromatic carbocycles. The van der Waals surface area contributed by atoms with E-state index >= 15 is 0 Å². The molecule has 35 heavy (non-hydrogen) atoms. The number of hydrogen-bond acceptors (Lipinski definition) is 6. The number of fused-ring (bicyclic) bond motifs is 2. The van der Waals surface area contributed by atoms with Crippen LogP contribution in [0.3, 0.4) is 0 Å². The number of carbonyl (C=O) groups is 3. The Bertz CT molecular complexity index is 948. The average Bonchev–Trinajstić information content (AvgIpc) is 2.99. The predicted molar refractivity (Wildman–Crippen MR) is 139 cm³/mol. The molecule has 0 aliphatic carbocycles. The predicted octanol–water partition coefficient (Wildman–Crippen LogP) is 2.37. The first-order valence-corrected chi connectivity index (χ1v) is 13.0. The van der Waals surface area contributed by atoms with Gasteiger partial charge in [-0.05, 0) is 44.0 Å². The first-order valence-electron chi connectivity index (χ1n) is 11.9. The van der Waals surface area contributed by atoms with Crippen molar-refractivity contribution in [2.24, 2.45) is 5.41 Å². The highest BCUT2D eigenvalue weighted by molar-refractivity contribution is 7.99. The van der Waals surface area contributed by atoms with Crippen molar-refractivity contribution < 1.29 is 19.1 Å². The van der Waals surface area contributed by atoms with Gasteiger partial charge in [-0.3, -0.25) is 9.59 Å². The molecule has 4 N–H and O–H groups in total. The number of nitrogens with zero attached hydrogens (tertiary/aromatic N) is 1. The lowest BCUT2D eigenvalue weighted by atomic mass is 9.83. The van der Waals surface area contributed by atoms with Crippen LogP contribution >= 0.6 is 24.2 Å². The standard InChI is InChI=1S/C24H35N5O4S.ClH/c1-14(25-4)26-23(32)28-17-10-12-34-19-13-24(2,3)20(29(19)22(17)31)21(30)27-16-9-11-33-18-8-6-5-7-15(16)18;/h5-8,14,16-17,19-20,25H,9-13H2,1-4H3,(H,27,30)(H2,26,28,32);1H/t14-,16-,17+,19?,20-;/m1./s1. The maximum atomic E-state index is 13.7. The zero-order valence-electron chi connectivity index (χ0n) is 20.6. The number of halogens is 1. The zero-order valence-corrected chi connectivity index (χ0v) is 22.3. The van der Waals surface area contributed by atoms with E-state index in [2.05, 4.69) is 21.3 Å². The van der Waals surface area contributed by atoms with E-state index in [0.717, 1.165) is 23.5 Å². The number of amides is 4. The summed E-state index contributed by atoms with van der Waals surface area (Å²) in [6.45, 7) is 6.43. The molecular formula is C24H36ClN5O4S. The lowest BCUT2D eigenvalue weighted by molar-refractivity contribution is -0.142. The Morgan fingerprint density at radius 3 is 2.66 bits per heavy atom. The molecule has 3 aliphatic heterocycles. The Morgan fingerprint density at radius 1 is 1.17 bits per heavy atom. The normalized spacial score (nSPS) is 27.8. The maximum Gasteiger partial charge on any atom is 0.316 e. The number of thioether (sulfide) groups is 1. The fourth-order valence-electron chi connectivity index (χ4n) is 5.06. The number of benzene rings is 1. The van der Waals surface area contributed by atoms with Crippen molar-refractivity contribution in [1.29, 1.82) is 0 Å². The topological polar surface area (TPSA) is 112 Å². The Labute approximate surface area is 217 Å². The second-order valence-electron chi connectivity index (χ2n) is 9.87. The van der Waals surface area contributed by atoms with E-state index in [1.807, 2.05) is 45.0 Å². The van der Waals surface area contributed by atoms with E-state index in [9.17, 15) is 14.4 Å². The van der Waals surface area contributed by atoms with Crippen LogP contribution in [0.5, 0.6) is 5.75 Å². The van der Waals surface area contributed by atoms with Crippen LogP contribution in [0.4, 0.5) is 4.79 Å². The average molecular weight is 526 g/mol. The highest BCUT2D eigenvalue weighted by Gasteiger charge is 2.54. The fraction of sp³-hybridized carbons (Fsp3) is 0.625. The van der Waals surface area contributed by atoms with Crippen molar-refractivity contribution in [3.8, 4) is 5.75 Å². The number of urea groups is 1. The van der Waals surface area contributed by atoms with E-state index < -0.39 is 23.5 Å². The highest BCUT2D eigenvalue weighted by atomic mass is 35.5. The Balaban J connectivity index is 0.00000342. The summed E-state index contributed by atoms with van der Waals surface area (Å²) in [6, 6.07) is 5.89. The van der Waals surface area contributed by atoms with Gasteiger partial charge in [-0.1, -0.05) is 32.0 Å². The van der Waals surface area contributed by atoms with Gasteiger partial charge < -0.3 is 30.9 Å².